The minimum absolute atomic E-state index is 0.0109. The van der Waals surface area contributed by atoms with Crippen LogP contribution in [0.15, 0.2) is 12.1 Å². The maximum Gasteiger partial charge on any atom is 0.273 e. The summed E-state index contributed by atoms with van der Waals surface area (Å²) in [5, 5.41) is 14.0. The van der Waals surface area contributed by atoms with Gasteiger partial charge in [0, 0.05) is 38.2 Å². The fourth-order valence-electron chi connectivity index (χ4n) is 2.41. The van der Waals surface area contributed by atoms with Crippen molar-refractivity contribution in [3.63, 3.8) is 0 Å². The molecule has 0 radical (unpaired) electrons. The van der Waals surface area contributed by atoms with Crippen LogP contribution in [0.4, 0.5) is 11.4 Å². The molecule has 0 spiro atoms. The molecule has 120 valence electrons. The molecule has 1 aliphatic rings. The van der Waals surface area contributed by atoms with Crippen molar-refractivity contribution in [2.45, 2.75) is 20.0 Å². The van der Waals surface area contributed by atoms with Crippen molar-refractivity contribution in [3.05, 3.63) is 32.8 Å². The standard InChI is InChI=1S/C14H18ClN3O4/c1-9-5-14(12(15)6-13(9)18(20)21)17-3-4-22-11(8-17)7-16-10(2)19/h5-6,11H,3-4,7-8H2,1-2H3,(H,16,19)/t11-/m1/s1. The average molecular weight is 328 g/mol. The Morgan fingerprint density at radius 2 is 2.32 bits per heavy atom. The first-order valence-corrected chi connectivity index (χ1v) is 7.32. The van der Waals surface area contributed by atoms with E-state index in [-0.39, 0.29) is 17.7 Å². The fourth-order valence-corrected chi connectivity index (χ4v) is 2.69. The van der Waals surface area contributed by atoms with Crippen LogP contribution < -0.4 is 10.2 Å². The number of halogens is 1. The summed E-state index contributed by atoms with van der Waals surface area (Å²) in [5.41, 5.74) is 1.33. The van der Waals surface area contributed by atoms with Crippen molar-refractivity contribution in [2.75, 3.05) is 31.1 Å². The van der Waals surface area contributed by atoms with Gasteiger partial charge in [0.1, 0.15) is 0 Å². The van der Waals surface area contributed by atoms with Crippen molar-refractivity contribution in [3.8, 4) is 0 Å². The number of nitrogens with zero attached hydrogens (tertiary/aromatic N) is 2. The normalized spacial score (nSPS) is 18.1. The highest BCUT2D eigenvalue weighted by Crippen LogP contribution is 2.33. The van der Waals surface area contributed by atoms with Crippen LogP contribution in [-0.4, -0.2) is 43.2 Å². The number of hydrogen-bond acceptors (Lipinski definition) is 5. The Morgan fingerprint density at radius 3 is 2.95 bits per heavy atom. The number of amides is 1. The number of benzene rings is 1. The van der Waals surface area contributed by atoms with Gasteiger partial charge >= 0.3 is 0 Å². The van der Waals surface area contributed by atoms with Gasteiger partial charge in [0.25, 0.3) is 5.69 Å². The van der Waals surface area contributed by atoms with Crippen molar-refractivity contribution in [1.29, 1.82) is 0 Å². The zero-order valence-electron chi connectivity index (χ0n) is 12.5. The van der Waals surface area contributed by atoms with Crippen LogP contribution in [0.1, 0.15) is 12.5 Å². The molecule has 0 aliphatic carbocycles. The first kappa shape index (κ1) is 16.5. The Bertz CT molecular complexity index is 594. The molecule has 1 heterocycles. The largest absolute Gasteiger partial charge is 0.373 e. The molecule has 0 unspecified atom stereocenters. The zero-order valence-corrected chi connectivity index (χ0v) is 13.2. The number of hydrogen-bond donors (Lipinski definition) is 1. The van der Waals surface area contributed by atoms with Crippen molar-refractivity contribution in [2.24, 2.45) is 0 Å². The molecule has 22 heavy (non-hydrogen) atoms. The monoisotopic (exact) mass is 327 g/mol. The van der Waals surface area contributed by atoms with Crippen LogP contribution in [0.5, 0.6) is 0 Å². The lowest BCUT2D eigenvalue weighted by Gasteiger charge is -2.35. The minimum Gasteiger partial charge on any atom is -0.373 e. The third-order valence-corrected chi connectivity index (χ3v) is 3.82. The van der Waals surface area contributed by atoms with Crippen molar-refractivity contribution >= 4 is 28.9 Å². The van der Waals surface area contributed by atoms with Gasteiger partial charge in [0.05, 0.1) is 28.3 Å². The molecule has 1 aromatic rings. The summed E-state index contributed by atoms with van der Waals surface area (Å²) < 4.78 is 5.60. The first-order valence-electron chi connectivity index (χ1n) is 6.94. The van der Waals surface area contributed by atoms with E-state index in [1.54, 1.807) is 13.0 Å². The molecule has 1 N–H and O–H groups in total. The van der Waals surface area contributed by atoms with E-state index in [0.29, 0.717) is 36.8 Å². The Morgan fingerprint density at radius 1 is 1.59 bits per heavy atom. The molecule has 2 rings (SSSR count). The summed E-state index contributed by atoms with van der Waals surface area (Å²) in [4.78, 5) is 23.5. The van der Waals surface area contributed by atoms with E-state index in [9.17, 15) is 14.9 Å². The maximum absolute atomic E-state index is 11.0. The fraction of sp³-hybridized carbons (Fsp3) is 0.500. The third-order valence-electron chi connectivity index (χ3n) is 3.52. The molecule has 0 saturated carbocycles. The minimum atomic E-state index is -0.441. The molecule has 0 aromatic heterocycles. The highest BCUT2D eigenvalue weighted by Gasteiger charge is 2.24. The predicted octanol–water partition coefficient (Wildman–Crippen LogP) is 1.90. The van der Waals surface area contributed by atoms with Crippen LogP contribution in [0.3, 0.4) is 0 Å². The molecule has 1 fully saturated rings. The predicted molar refractivity (Wildman–Crippen MR) is 83.5 cm³/mol. The van der Waals surface area contributed by atoms with Crippen LogP contribution in [0.2, 0.25) is 5.02 Å². The Hall–Kier alpha value is -1.86. The van der Waals surface area contributed by atoms with E-state index in [4.69, 9.17) is 16.3 Å². The highest BCUT2D eigenvalue weighted by molar-refractivity contribution is 6.33. The van der Waals surface area contributed by atoms with Crippen LogP contribution in [0.25, 0.3) is 0 Å². The second-order valence-corrected chi connectivity index (χ2v) is 5.63. The number of nitro groups is 1. The molecule has 7 nitrogen and oxygen atoms in total. The number of carbonyl (C=O) groups excluding carboxylic acids is 1. The lowest BCUT2D eigenvalue weighted by atomic mass is 10.1. The maximum atomic E-state index is 11.0. The van der Waals surface area contributed by atoms with E-state index in [2.05, 4.69) is 5.32 Å². The highest BCUT2D eigenvalue weighted by atomic mass is 35.5. The summed E-state index contributed by atoms with van der Waals surface area (Å²) in [6, 6.07) is 3.10. The van der Waals surface area contributed by atoms with Gasteiger partial charge in [0.15, 0.2) is 0 Å². The molecule has 1 saturated heterocycles. The number of ether oxygens (including phenoxy) is 1. The van der Waals surface area contributed by atoms with E-state index < -0.39 is 4.92 Å². The second-order valence-electron chi connectivity index (χ2n) is 5.22. The summed E-state index contributed by atoms with van der Waals surface area (Å²) in [6.07, 6.45) is -0.135. The average Bonchev–Trinajstić information content (AvgIpc) is 2.47. The number of carbonyl (C=O) groups is 1. The molecule has 1 aromatic carbocycles. The second kappa shape index (κ2) is 6.93. The number of rotatable bonds is 4. The zero-order chi connectivity index (χ0) is 16.3. The van der Waals surface area contributed by atoms with E-state index in [1.807, 2.05) is 4.90 Å². The Labute approximate surface area is 133 Å². The van der Waals surface area contributed by atoms with Gasteiger partial charge in [-0.3, -0.25) is 14.9 Å². The summed E-state index contributed by atoms with van der Waals surface area (Å²) in [6.45, 7) is 5.29. The Balaban J connectivity index is 2.15. The molecule has 1 atom stereocenters. The summed E-state index contributed by atoms with van der Waals surface area (Å²) in [7, 11) is 0. The summed E-state index contributed by atoms with van der Waals surface area (Å²) in [5.74, 6) is -0.107. The molecular weight excluding hydrogens is 310 g/mol. The molecule has 1 aliphatic heterocycles. The number of nitro benzene ring substituents is 1. The smallest absolute Gasteiger partial charge is 0.273 e. The van der Waals surface area contributed by atoms with E-state index in [0.717, 1.165) is 5.69 Å². The number of morpholine rings is 1. The van der Waals surface area contributed by atoms with Crippen molar-refractivity contribution < 1.29 is 14.5 Å². The van der Waals surface area contributed by atoms with Gasteiger partial charge in [0.2, 0.25) is 5.91 Å². The van der Waals surface area contributed by atoms with Gasteiger partial charge in [-0.25, -0.2) is 0 Å². The van der Waals surface area contributed by atoms with Crippen LogP contribution in [0, 0.1) is 17.0 Å². The lowest BCUT2D eigenvalue weighted by molar-refractivity contribution is -0.385. The van der Waals surface area contributed by atoms with Gasteiger partial charge < -0.3 is 15.0 Å². The van der Waals surface area contributed by atoms with Crippen molar-refractivity contribution in [1.82, 2.24) is 5.32 Å². The van der Waals surface area contributed by atoms with Crippen LogP contribution >= 0.6 is 11.6 Å². The number of nitrogens with one attached hydrogen (secondary N) is 1. The van der Waals surface area contributed by atoms with E-state index in [1.165, 1.54) is 13.0 Å². The quantitative estimate of drug-likeness (QED) is 0.674. The van der Waals surface area contributed by atoms with Crippen LogP contribution in [-0.2, 0) is 9.53 Å². The van der Waals surface area contributed by atoms with E-state index >= 15 is 0 Å². The number of aryl methyl sites for hydroxylation is 1. The first-order chi connectivity index (χ1) is 10.4. The third kappa shape index (κ3) is 3.86. The van der Waals surface area contributed by atoms with Gasteiger partial charge in [-0.1, -0.05) is 11.6 Å². The topological polar surface area (TPSA) is 84.7 Å². The SMILES string of the molecule is CC(=O)NC[C@@H]1CN(c2cc(C)c([N+](=O)[O-])cc2Cl)CCO1. The van der Waals surface area contributed by atoms with Gasteiger partial charge in [-0.2, -0.15) is 0 Å². The van der Waals surface area contributed by atoms with Gasteiger partial charge in [-0.05, 0) is 13.0 Å². The molecule has 1 amide bonds. The van der Waals surface area contributed by atoms with Gasteiger partial charge in [-0.15, -0.1) is 0 Å². The lowest BCUT2D eigenvalue weighted by Crippen LogP contribution is -2.47. The molecular formula is C14H18ClN3O4. The summed E-state index contributed by atoms with van der Waals surface area (Å²) >= 11 is 6.20. The molecule has 8 heteroatoms. The number of anilines is 1. The molecule has 0 bridgehead atoms. The Kier molecular flexibility index (Phi) is 5.20.